The molecule has 208 valence electrons. The van der Waals surface area contributed by atoms with E-state index in [-0.39, 0.29) is 0 Å². The van der Waals surface area contributed by atoms with Crippen LogP contribution < -0.4 is 4.90 Å². The highest BCUT2D eigenvalue weighted by Crippen LogP contribution is 2.43. The summed E-state index contributed by atoms with van der Waals surface area (Å²) in [5.41, 5.74) is 7.16. The van der Waals surface area contributed by atoms with Gasteiger partial charge in [-0.15, -0.1) is 11.3 Å². The Hall–Kier alpha value is -5.09. The number of anilines is 3. The molecule has 0 spiro atoms. The Bertz CT molecular complexity index is 2510. The number of halogens is 1. The van der Waals surface area contributed by atoms with Crippen LogP contribution in [0.15, 0.2) is 150 Å². The quantitative estimate of drug-likeness (QED) is 0.199. The average Bonchev–Trinajstić information content (AvgIpc) is 3.63. The summed E-state index contributed by atoms with van der Waals surface area (Å²) >= 11 is 8.51. The SMILES string of the molecule is Clc1cc(-c2ccc(N(c3ccccc3)c3ccc4c(c3)sc3ccccc34)cc2)c2c(c1)oc1c3ccccc3ccc12. The molecule has 0 saturated heterocycles. The molecule has 0 N–H and O–H groups in total. The van der Waals surface area contributed by atoms with Gasteiger partial charge in [0.15, 0.2) is 0 Å². The van der Waals surface area contributed by atoms with Crippen LogP contribution in [0.25, 0.3) is 64.0 Å². The van der Waals surface area contributed by atoms with Gasteiger partial charge in [-0.25, -0.2) is 0 Å². The Labute approximate surface area is 263 Å². The van der Waals surface area contributed by atoms with E-state index in [1.165, 1.54) is 20.2 Å². The zero-order chi connectivity index (χ0) is 29.2. The molecule has 4 heteroatoms. The fourth-order valence-corrected chi connectivity index (χ4v) is 7.84. The number of nitrogens with zero attached hydrogens (tertiary/aromatic N) is 1. The molecule has 7 aromatic carbocycles. The van der Waals surface area contributed by atoms with Crippen LogP contribution in [0.4, 0.5) is 17.1 Å². The van der Waals surface area contributed by atoms with Crippen molar-refractivity contribution >= 4 is 92.9 Å². The van der Waals surface area contributed by atoms with Gasteiger partial charge < -0.3 is 9.32 Å². The molecule has 0 aliphatic rings. The molecule has 44 heavy (non-hydrogen) atoms. The smallest absolute Gasteiger partial charge is 0.143 e. The molecule has 0 aliphatic carbocycles. The molecule has 2 nitrogen and oxygen atoms in total. The molecular formula is C40H24ClNOS. The summed E-state index contributed by atoms with van der Waals surface area (Å²) in [5, 5.41) is 7.70. The van der Waals surface area contributed by atoms with Crippen molar-refractivity contribution in [1.29, 1.82) is 0 Å². The van der Waals surface area contributed by atoms with Gasteiger partial charge in [-0.1, -0.05) is 96.5 Å². The Morgan fingerprint density at radius 1 is 0.523 bits per heavy atom. The van der Waals surface area contributed by atoms with E-state index in [2.05, 4.69) is 138 Å². The van der Waals surface area contributed by atoms with Crippen molar-refractivity contribution in [2.24, 2.45) is 0 Å². The van der Waals surface area contributed by atoms with Gasteiger partial charge in [0, 0.05) is 64.5 Å². The molecule has 0 bridgehead atoms. The van der Waals surface area contributed by atoms with E-state index in [0.29, 0.717) is 5.02 Å². The summed E-state index contributed by atoms with van der Waals surface area (Å²) in [4.78, 5) is 2.32. The van der Waals surface area contributed by atoms with Crippen LogP contribution in [-0.4, -0.2) is 0 Å². The highest BCUT2D eigenvalue weighted by atomic mass is 35.5. The molecule has 0 saturated carbocycles. The summed E-state index contributed by atoms with van der Waals surface area (Å²) in [5.74, 6) is 0. The first kappa shape index (κ1) is 25.4. The summed E-state index contributed by atoms with van der Waals surface area (Å²) < 4.78 is 9.04. The van der Waals surface area contributed by atoms with Gasteiger partial charge in [0.25, 0.3) is 0 Å². The van der Waals surface area contributed by atoms with Gasteiger partial charge in [0.2, 0.25) is 0 Å². The molecular weight excluding hydrogens is 578 g/mol. The molecule has 0 unspecified atom stereocenters. The van der Waals surface area contributed by atoms with E-state index >= 15 is 0 Å². The van der Waals surface area contributed by atoms with Crippen molar-refractivity contribution in [1.82, 2.24) is 0 Å². The fourth-order valence-electron chi connectivity index (χ4n) is 6.50. The van der Waals surface area contributed by atoms with Crippen molar-refractivity contribution in [3.63, 3.8) is 0 Å². The summed E-state index contributed by atoms with van der Waals surface area (Å²) in [6, 6.07) is 51.4. The molecule has 0 radical (unpaired) electrons. The summed E-state index contributed by atoms with van der Waals surface area (Å²) in [6.45, 7) is 0. The largest absolute Gasteiger partial charge is 0.455 e. The zero-order valence-electron chi connectivity index (χ0n) is 23.5. The van der Waals surface area contributed by atoms with Gasteiger partial charge >= 0.3 is 0 Å². The Morgan fingerprint density at radius 2 is 1.20 bits per heavy atom. The molecule has 9 rings (SSSR count). The number of hydrogen-bond donors (Lipinski definition) is 0. The van der Waals surface area contributed by atoms with E-state index < -0.39 is 0 Å². The Kier molecular flexibility index (Phi) is 5.77. The number of rotatable bonds is 4. The van der Waals surface area contributed by atoms with Crippen molar-refractivity contribution in [2.75, 3.05) is 4.90 Å². The van der Waals surface area contributed by atoms with E-state index in [1.54, 1.807) is 0 Å². The first-order chi connectivity index (χ1) is 21.7. The maximum Gasteiger partial charge on any atom is 0.143 e. The topological polar surface area (TPSA) is 16.4 Å². The van der Waals surface area contributed by atoms with Crippen LogP contribution in [0, 0.1) is 0 Å². The average molecular weight is 602 g/mol. The van der Waals surface area contributed by atoms with E-state index in [4.69, 9.17) is 16.0 Å². The second-order valence-corrected chi connectivity index (χ2v) is 12.6. The van der Waals surface area contributed by atoms with Gasteiger partial charge in [0.05, 0.1) is 0 Å². The number of furan rings is 1. The third-order valence-corrected chi connectivity index (χ3v) is 9.85. The van der Waals surface area contributed by atoms with Gasteiger partial charge in [-0.05, 0) is 71.1 Å². The number of thiophene rings is 1. The number of fused-ring (bicyclic) bond motifs is 8. The summed E-state index contributed by atoms with van der Waals surface area (Å²) in [7, 11) is 0. The monoisotopic (exact) mass is 601 g/mol. The maximum absolute atomic E-state index is 6.67. The Balaban J connectivity index is 1.19. The van der Waals surface area contributed by atoms with E-state index in [9.17, 15) is 0 Å². The highest BCUT2D eigenvalue weighted by Gasteiger charge is 2.18. The molecule has 0 aliphatic heterocycles. The maximum atomic E-state index is 6.67. The molecule has 2 aromatic heterocycles. The number of benzene rings is 7. The van der Waals surface area contributed by atoms with Crippen molar-refractivity contribution in [2.45, 2.75) is 0 Å². The Morgan fingerprint density at radius 3 is 2.07 bits per heavy atom. The zero-order valence-corrected chi connectivity index (χ0v) is 25.1. The van der Waals surface area contributed by atoms with Crippen molar-refractivity contribution < 1.29 is 4.42 Å². The lowest BCUT2D eigenvalue weighted by Crippen LogP contribution is -2.09. The van der Waals surface area contributed by atoms with Crippen molar-refractivity contribution in [3.8, 4) is 11.1 Å². The first-order valence-corrected chi connectivity index (χ1v) is 15.8. The molecule has 2 heterocycles. The summed E-state index contributed by atoms with van der Waals surface area (Å²) in [6.07, 6.45) is 0. The minimum Gasteiger partial charge on any atom is -0.455 e. The van der Waals surface area contributed by atoms with Gasteiger partial charge in [-0.3, -0.25) is 0 Å². The van der Waals surface area contributed by atoms with Crippen LogP contribution in [0.1, 0.15) is 0 Å². The minimum atomic E-state index is 0.655. The normalized spacial score (nSPS) is 11.8. The number of para-hydroxylation sites is 1. The second-order valence-electron chi connectivity index (χ2n) is 11.1. The number of hydrogen-bond acceptors (Lipinski definition) is 3. The van der Waals surface area contributed by atoms with Gasteiger partial charge in [0.1, 0.15) is 11.2 Å². The van der Waals surface area contributed by atoms with Crippen LogP contribution in [0.2, 0.25) is 5.02 Å². The lowest BCUT2D eigenvalue weighted by Gasteiger charge is -2.25. The predicted molar refractivity (Wildman–Crippen MR) is 189 cm³/mol. The standard InChI is InChI=1S/C40H24ClNOS/c41-27-22-35(39-34-20-16-25-8-4-5-11-31(25)40(34)43-36(39)23-27)26-14-17-29(18-15-26)42(28-9-2-1-3-10-28)30-19-21-33-32-12-6-7-13-37(32)44-38(33)24-30/h1-24H. The van der Waals surface area contributed by atoms with E-state index in [1.807, 2.05) is 23.5 Å². The third kappa shape index (κ3) is 4.01. The van der Waals surface area contributed by atoms with Crippen molar-refractivity contribution in [3.05, 3.63) is 151 Å². The highest BCUT2D eigenvalue weighted by molar-refractivity contribution is 7.25. The van der Waals surface area contributed by atoms with Crippen LogP contribution >= 0.6 is 22.9 Å². The van der Waals surface area contributed by atoms with Crippen LogP contribution in [0.5, 0.6) is 0 Å². The fraction of sp³-hybridized carbons (Fsp3) is 0. The molecule has 0 amide bonds. The third-order valence-electron chi connectivity index (χ3n) is 8.50. The minimum absolute atomic E-state index is 0.655. The lowest BCUT2D eigenvalue weighted by atomic mass is 9.98. The lowest BCUT2D eigenvalue weighted by molar-refractivity contribution is 0.673. The van der Waals surface area contributed by atoms with Crippen LogP contribution in [-0.2, 0) is 0 Å². The second kappa shape index (κ2) is 9.99. The molecule has 0 fully saturated rings. The predicted octanol–water partition coefficient (Wildman–Crippen LogP) is 12.9. The first-order valence-electron chi connectivity index (χ1n) is 14.6. The van der Waals surface area contributed by atoms with Crippen LogP contribution in [0.3, 0.4) is 0 Å². The van der Waals surface area contributed by atoms with Gasteiger partial charge in [-0.2, -0.15) is 0 Å². The molecule has 9 aromatic rings. The molecule has 0 atom stereocenters. The van der Waals surface area contributed by atoms with E-state index in [0.717, 1.165) is 60.9 Å².